The molecule has 2 heterocycles. The largest absolute Gasteiger partial charge is 0.453 e. The number of nitrogens with zero attached hydrogens (tertiary/aromatic N) is 3. The highest BCUT2D eigenvalue weighted by molar-refractivity contribution is 5.99. The van der Waals surface area contributed by atoms with Gasteiger partial charge in [-0.3, -0.25) is 9.88 Å². The van der Waals surface area contributed by atoms with Crippen molar-refractivity contribution < 1.29 is 18.7 Å². The zero-order chi connectivity index (χ0) is 21.7. The summed E-state index contributed by atoms with van der Waals surface area (Å²) in [7, 11) is 3.07. The van der Waals surface area contributed by atoms with Crippen LogP contribution < -0.4 is 10.6 Å². The Bertz CT molecular complexity index is 906. The average molecular weight is 415 g/mol. The number of hydrogen-bond donors (Lipinski definition) is 2. The second-order valence-electron chi connectivity index (χ2n) is 7.37. The number of anilines is 2. The number of aromatic nitrogens is 1. The van der Waals surface area contributed by atoms with Crippen molar-refractivity contribution in [3.05, 3.63) is 53.6 Å². The Morgan fingerprint density at radius 1 is 1.27 bits per heavy atom. The summed E-state index contributed by atoms with van der Waals surface area (Å²) in [5, 5.41) is 5.32. The monoisotopic (exact) mass is 415 g/mol. The number of rotatable bonds is 5. The molecule has 0 aliphatic carbocycles. The Morgan fingerprint density at radius 3 is 2.73 bits per heavy atom. The summed E-state index contributed by atoms with van der Waals surface area (Å²) in [5.41, 5.74) is 2.50. The summed E-state index contributed by atoms with van der Waals surface area (Å²) in [6, 6.07) is 7.58. The molecule has 0 saturated carbocycles. The molecular weight excluding hydrogens is 389 g/mol. The van der Waals surface area contributed by atoms with E-state index in [4.69, 9.17) is 4.74 Å². The SMILES string of the molecule is COC(=O)N(C)[C@H]1CCN(Cc2cc(F)cc(NC(=O)Nc3ccc(C)nc3)c2)C1. The van der Waals surface area contributed by atoms with Gasteiger partial charge in [0.2, 0.25) is 0 Å². The molecule has 0 unspecified atom stereocenters. The molecule has 1 aliphatic heterocycles. The number of carbonyl (C=O) groups is 2. The van der Waals surface area contributed by atoms with Crippen LogP contribution in [-0.4, -0.2) is 60.2 Å². The molecule has 30 heavy (non-hydrogen) atoms. The van der Waals surface area contributed by atoms with Crippen LogP contribution in [0.1, 0.15) is 17.7 Å². The highest BCUT2D eigenvalue weighted by Crippen LogP contribution is 2.21. The van der Waals surface area contributed by atoms with Gasteiger partial charge in [-0.05, 0) is 49.2 Å². The van der Waals surface area contributed by atoms with Crippen molar-refractivity contribution in [3.8, 4) is 0 Å². The third kappa shape index (κ3) is 5.66. The van der Waals surface area contributed by atoms with Crippen LogP contribution in [0.15, 0.2) is 36.5 Å². The van der Waals surface area contributed by atoms with Gasteiger partial charge in [0, 0.05) is 44.1 Å². The summed E-state index contributed by atoms with van der Waals surface area (Å²) >= 11 is 0. The van der Waals surface area contributed by atoms with Gasteiger partial charge < -0.3 is 20.3 Å². The summed E-state index contributed by atoms with van der Waals surface area (Å²) in [5.74, 6) is -0.428. The van der Waals surface area contributed by atoms with E-state index < -0.39 is 11.8 Å². The molecule has 160 valence electrons. The van der Waals surface area contributed by atoms with E-state index in [1.165, 1.54) is 19.2 Å². The summed E-state index contributed by atoms with van der Waals surface area (Å²) in [6.45, 7) is 3.83. The molecule has 9 heteroatoms. The maximum atomic E-state index is 14.1. The standard InChI is InChI=1S/C21H26FN5O3/c1-14-4-5-17(11-23-14)24-20(28)25-18-9-15(8-16(22)10-18)12-27-7-6-19(13-27)26(2)21(29)30-3/h4-5,8-11,19H,6-7,12-13H2,1-3H3,(H2,24,25,28)/t19-/m0/s1. The Morgan fingerprint density at radius 2 is 2.03 bits per heavy atom. The van der Waals surface area contributed by atoms with Crippen LogP contribution in [-0.2, 0) is 11.3 Å². The maximum Gasteiger partial charge on any atom is 0.409 e. The number of ether oxygens (including phenoxy) is 1. The van der Waals surface area contributed by atoms with Crippen molar-refractivity contribution in [3.63, 3.8) is 0 Å². The first-order valence-electron chi connectivity index (χ1n) is 9.67. The molecule has 3 amide bonds. The Kier molecular flexibility index (Phi) is 6.83. The predicted molar refractivity (Wildman–Crippen MR) is 112 cm³/mol. The number of urea groups is 1. The van der Waals surface area contributed by atoms with Gasteiger partial charge in [-0.2, -0.15) is 0 Å². The Balaban J connectivity index is 1.59. The van der Waals surface area contributed by atoms with Gasteiger partial charge in [0.25, 0.3) is 0 Å². The van der Waals surface area contributed by atoms with E-state index in [1.807, 2.05) is 6.92 Å². The average Bonchev–Trinajstić information content (AvgIpc) is 3.16. The normalized spacial score (nSPS) is 16.2. The van der Waals surface area contributed by atoms with Crippen molar-refractivity contribution in [1.29, 1.82) is 0 Å². The van der Waals surface area contributed by atoms with Gasteiger partial charge in [-0.25, -0.2) is 14.0 Å². The minimum Gasteiger partial charge on any atom is -0.453 e. The van der Waals surface area contributed by atoms with Crippen LogP contribution in [0.2, 0.25) is 0 Å². The van der Waals surface area contributed by atoms with Gasteiger partial charge in [0.15, 0.2) is 0 Å². The van der Waals surface area contributed by atoms with Crippen molar-refractivity contribution in [1.82, 2.24) is 14.8 Å². The fraction of sp³-hybridized carbons (Fsp3) is 0.381. The molecule has 2 N–H and O–H groups in total. The third-order valence-corrected chi connectivity index (χ3v) is 5.05. The molecule has 8 nitrogen and oxygen atoms in total. The van der Waals surface area contributed by atoms with Gasteiger partial charge in [-0.15, -0.1) is 0 Å². The molecular formula is C21H26FN5O3. The molecule has 0 bridgehead atoms. The number of likely N-dealkylation sites (tertiary alicyclic amines) is 1. The smallest absolute Gasteiger partial charge is 0.409 e. The van der Waals surface area contributed by atoms with Gasteiger partial charge in [0.1, 0.15) is 5.82 Å². The molecule has 2 aromatic rings. The van der Waals surface area contributed by atoms with E-state index in [-0.39, 0.29) is 12.1 Å². The Labute approximate surface area is 175 Å². The van der Waals surface area contributed by atoms with E-state index in [0.717, 1.165) is 24.2 Å². The fourth-order valence-electron chi connectivity index (χ4n) is 3.47. The molecule has 3 rings (SSSR count). The van der Waals surface area contributed by atoms with Crippen molar-refractivity contribution in [2.45, 2.75) is 25.9 Å². The highest BCUT2D eigenvalue weighted by atomic mass is 19.1. The zero-order valence-corrected chi connectivity index (χ0v) is 17.3. The highest BCUT2D eigenvalue weighted by Gasteiger charge is 2.28. The van der Waals surface area contributed by atoms with Crippen LogP contribution >= 0.6 is 0 Å². The first kappa shape index (κ1) is 21.5. The molecule has 1 aromatic heterocycles. The second kappa shape index (κ2) is 9.53. The zero-order valence-electron chi connectivity index (χ0n) is 17.3. The van der Waals surface area contributed by atoms with Crippen LogP contribution in [0.25, 0.3) is 0 Å². The number of pyridine rings is 1. The molecule has 1 aromatic carbocycles. The van der Waals surface area contributed by atoms with E-state index in [2.05, 4.69) is 20.5 Å². The first-order chi connectivity index (χ1) is 14.3. The van der Waals surface area contributed by atoms with E-state index in [1.54, 1.807) is 36.3 Å². The molecule has 0 spiro atoms. The van der Waals surface area contributed by atoms with Gasteiger partial charge in [0.05, 0.1) is 19.0 Å². The number of nitrogens with one attached hydrogen (secondary N) is 2. The number of halogens is 1. The minimum atomic E-state index is -0.474. The molecule has 1 fully saturated rings. The topological polar surface area (TPSA) is 86.8 Å². The van der Waals surface area contributed by atoms with Gasteiger partial charge in [-0.1, -0.05) is 0 Å². The van der Waals surface area contributed by atoms with Gasteiger partial charge >= 0.3 is 12.1 Å². The van der Waals surface area contributed by atoms with Crippen molar-refractivity contribution in [2.24, 2.45) is 0 Å². The molecule has 1 saturated heterocycles. The summed E-state index contributed by atoms with van der Waals surface area (Å²) < 4.78 is 18.9. The number of amides is 3. The van der Waals surface area contributed by atoms with Crippen LogP contribution in [0.3, 0.4) is 0 Å². The molecule has 0 radical (unpaired) electrons. The van der Waals surface area contributed by atoms with E-state index in [9.17, 15) is 14.0 Å². The van der Waals surface area contributed by atoms with Crippen LogP contribution in [0.5, 0.6) is 0 Å². The second-order valence-corrected chi connectivity index (χ2v) is 7.37. The predicted octanol–water partition coefficient (Wildman–Crippen LogP) is 3.45. The maximum absolute atomic E-state index is 14.1. The quantitative estimate of drug-likeness (QED) is 0.781. The Hall–Kier alpha value is -3.20. The molecule has 1 aliphatic rings. The van der Waals surface area contributed by atoms with E-state index in [0.29, 0.717) is 24.5 Å². The lowest BCUT2D eigenvalue weighted by Gasteiger charge is -2.23. The number of likely N-dealkylation sites (N-methyl/N-ethyl adjacent to an activating group) is 1. The van der Waals surface area contributed by atoms with Crippen molar-refractivity contribution >= 4 is 23.5 Å². The fourth-order valence-corrected chi connectivity index (χ4v) is 3.47. The third-order valence-electron chi connectivity index (χ3n) is 5.05. The lowest BCUT2D eigenvalue weighted by Crippen LogP contribution is -2.38. The summed E-state index contributed by atoms with van der Waals surface area (Å²) in [6.07, 6.45) is 2.01. The number of hydrogen-bond acceptors (Lipinski definition) is 5. The number of carbonyl (C=O) groups excluding carboxylic acids is 2. The molecule has 1 atom stereocenters. The summed E-state index contributed by atoms with van der Waals surface area (Å²) in [4.78, 5) is 31.7. The number of aryl methyl sites for hydroxylation is 1. The number of benzene rings is 1. The first-order valence-corrected chi connectivity index (χ1v) is 9.67. The lowest BCUT2D eigenvalue weighted by atomic mass is 10.2. The minimum absolute atomic E-state index is 0.0532. The van der Waals surface area contributed by atoms with Crippen LogP contribution in [0, 0.1) is 12.7 Å². The number of methoxy groups -OCH3 is 1. The van der Waals surface area contributed by atoms with Crippen molar-refractivity contribution in [2.75, 3.05) is 37.9 Å². The van der Waals surface area contributed by atoms with Crippen LogP contribution in [0.4, 0.5) is 25.4 Å². The lowest BCUT2D eigenvalue weighted by molar-refractivity contribution is 0.118. The van der Waals surface area contributed by atoms with E-state index >= 15 is 0 Å².